The third-order valence-corrected chi connectivity index (χ3v) is 3.79. The van der Waals surface area contributed by atoms with Crippen molar-refractivity contribution in [1.82, 2.24) is 4.90 Å². The van der Waals surface area contributed by atoms with Crippen LogP contribution in [-0.4, -0.2) is 54.1 Å². The third kappa shape index (κ3) is 5.05. The third-order valence-electron chi connectivity index (χ3n) is 3.79. The monoisotopic (exact) mass is 289 g/mol. The Morgan fingerprint density at radius 2 is 2.10 bits per heavy atom. The van der Waals surface area contributed by atoms with Crippen LogP contribution in [0.4, 0.5) is 0 Å². The molecule has 2 N–H and O–H groups in total. The summed E-state index contributed by atoms with van der Waals surface area (Å²) >= 11 is 0. The van der Waals surface area contributed by atoms with Gasteiger partial charge in [0, 0.05) is 25.2 Å². The predicted molar refractivity (Wildman–Crippen MR) is 82.1 cm³/mol. The molecule has 21 heavy (non-hydrogen) atoms. The van der Waals surface area contributed by atoms with Crippen LogP contribution >= 0.6 is 0 Å². The van der Waals surface area contributed by atoms with Crippen LogP contribution < -0.4 is 4.74 Å². The summed E-state index contributed by atoms with van der Waals surface area (Å²) in [7, 11) is 0. The lowest BCUT2D eigenvalue weighted by atomic mass is 9.97. The van der Waals surface area contributed by atoms with E-state index in [1.807, 2.05) is 24.3 Å². The first-order chi connectivity index (χ1) is 10.2. The Hall–Kier alpha value is -1.54. The van der Waals surface area contributed by atoms with Gasteiger partial charge in [-0.1, -0.05) is 18.8 Å². The maximum absolute atomic E-state index is 9.70. The highest BCUT2D eigenvalue weighted by molar-refractivity contribution is 5.38. The molecule has 1 aliphatic rings. The van der Waals surface area contributed by atoms with Crippen molar-refractivity contribution in [3.8, 4) is 17.6 Å². The van der Waals surface area contributed by atoms with Gasteiger partial charge in [0.15, 0.2) is 0 Å². The van der Waals surface area contributed by atoms with Crippen LogP contribution in [-0.2, 0) is 0 Å². The van der Waals surface area contributed by atoms with Crippen LogP contribution in [0.1, 0.15) is 18.9 Å². The van der Waals surface area contributed by atoms with Crippen molar-refractivity contribution in [2.45, 2.75) is 19.4 Å². The number of hydrogen-bond acceptors (Lipinski definition) is 4. The maximum Gasteiger partial charge on any atom is 0.119 e. The highest BCUT2D eigenvalue weighted by Gasteiger charge is 2.23. The van der Waals surface area contributed by atoms with Crippen molar-refractivity contribution in [2.24, 2.45) is 5.92 Å². The van der Waals surface area contributed by atoms with Gasteiger partial charge in [0.2, 0.25) is 0 Å². The molecule has 2 unspecified atom stereocenters. The van der Waals surface area contributed by atoms with Gasteiger partial charge in [-0.3, -0.25) is 4.90 Å². The van der Waals surface area contributed by atoms with Gasteiger partial charge in [-0.25, -0.2) is 0 Å². The van der Waals surface area contributed by atoms with Crippen molar-refractivity contribution >= 4 is 0 Å². The molecule has 1 fully saturated rings. The van der Waals surface area contributed by atoms with E-state index >= 15 is 0 Å². The summed E-state index contributed by atoms with van der Waals surface area (Å²) in [6, 6.07) is 7.56. The fourth-order valence-electron chi connectivity index (χ4n) is 2.49. The molecule has 2 atom stereocenters. The fraction of sp³-hybridized carbons (Fsp3) is 0.529. The van der Waals surface area contributed by atoms with Gasteiger partial charge in [0.1, 0.15) is 19.0 Å². The highest BCUT2D eigenvalue weighted by atomic mass is 16.5. The summed E-state index contributed by atoms with van der Waals surface area (Å²) in [6.45, 7) is 5.35. The van der Waals surface area contributed by atoms with Gasteiger partial charge >= 0.3 is 0 Å². The zero-order valence-electron chi connectivity index (χ0n) is 12.5. The second-order valence-electron chi connectivity index (χ2n) is 5.47. The summed E-state index contributed by atoms with van der Waals surface area (Å²) in [5.41, 5.74) is 0.871. The second-order valence-corrected chi connectivity index (χ2v) is 5.47. The van der Waals surface area contributed by atoms with E-state index in [0.717, 1.165) is 37.4 Å². The molecular formula is C17H23NO3. The van der Waals surface area contributed by atoms with Crippen molar-refractivity contribution in [3.63, 3.8) is 0 Å². The first-order valence-corrected chi connectivity index (χ1v) is 7.42. The molecule has 0 spiro atoms. The summed E-state index contributed by atoms with van der Waals surface area (Å²) < 4.78 is 5.73. The molecule has 1 aliphatic heterocycles. The van der Waals surface area contributed by atoms with E-state index in [0.29, 0.717) is 12.5 Å². The Kier molecular flexibility index (Phi) is 6.06. The van der Waals surface area contributed by atoms with E-state index in [2.05, 4.69) is 23.7 Å². The number of ether oxygens (including phenoxy) is 1. The minimum atomic E-state index is -0.158. The topological polar surface area (TPSA) is 52.9 Å². The zero-order valence-corrected chi connectivity index (χ0v) is 12.5. The van der Waals surface area contributed by atoms with Crippen LogP contribution in [0.3, 0.4) is 0 Å². The standard InChI is InChI=1S/C17H23NO3/c1-14-13-18(9-8-17(14)20)10-12-21-16-6-4-15(5-7-16)3-2-11-19/h4-7,14,17,19-20H,8-13H2,1H3. The molecule has 0 saturated carbocycles. The number of rotatable bonds is 4. The van der Waals surface area contributed by atoms with Crippen LogP contribution in [0, 0.1) is 17.8 Å². The van der Waals surface area contributed by atoms with Crippen molar-refractivity contribution in [2.75, 3.05) is 32.8 Å². The van der Waals surface area contributed by atoms with E-state index in [9.17, 15) is 5.11 Å². The maximum atomic E-state index is 9.70. The fourth-order valence-corrected chi connectivity index (χ4v) is 2.49. The molecule has 1 saturated heterocycles. The van der Waals surface area contributed by atoms with Crippen LogP contribution in [0.25, 0.3) is 0 Å². The molecular weight excluding hydrogens is 266 g/mol. The number of hydrogen-bond donors (Lipinski definition) is 2. The summed E-state index contributed by atoms with van der Waals surface area (Å²) in [4.78, 5) is 2.33. The summed E-state index contributed by atoms with van der Waals surface area (Å²) in [5, 5.41) is 18.3. The lowest BCUT2D eigenvalue weighted by Gasteiger charge is -2.34. The molecule has 0 bridgehead atoms. The Morgan fingerprint density at radius 1 is 1.33 bits per heavy atom. The van der Waals surface area contributed by atoms with E-state index in [1.165, 1.54) is 0 Å². The van der Waals surface area contributed by atoms with E-state index in [4.69, 9.17) is 9.84 Å². The molecule has 0 amide bonds. The minimum absolute atomic E-state index is 0.124. The molecule has 0 radical (unpaired) electrons. The summed E-state index contributed by atoms with van der Waals surface area (Å²) in [5.74, 6) is 6.63. The number of nitrogens with zero attached hydrogens (tertiary/aromatic N) is 1. The van der Waals surface area contributed by atoms with Gasteiger partial charge < -0.3 is 14.9 Å². The first-order valence-electron chi connectivity index (χ1n) is 7.42. The van der Waals surface area contributed by atoms with E-state index in [-0.39, 0.29) is 12.7 Å². The molecule has 1 aromatic carbocycles. The SMILES string of the molecule is CC1CN(CCOc2ccc(C#CCO)cc2)CCC1O. The van der Waals surface area contributed by atoms with Crippen molar-refractivity contribution in [3.05, 3.63) is 29.8 Å². The first kappa shape index (κ1) is 15.8. The minimum Gasteiger partial charge on any atom is -0.492 e. The molecule has 114 valence electrons. The Morgan fingerprint density at radius 3 is 2.76 bits per heavy atom. The van der Waals surface area contributed by atoms with Crippen molar-refractivity contribution in [1.29, 1.82) is 0 Å². The van der Waals surface area contributed by atoms with Gasteiger partial charge in [0.25, 0.3) is 0 Å². The van der Waals surface area contributed by atoms with Crippen LogP contribution in [0.2, 0.25) is 0 Å². The Labute approximate surface area is 126 Å². The summed E-state index contributed by atoms with van der Waals surface area (Å²) in [6.07, 6.45) is 0.689. The zero-order chi connectivity index (χ0) is 15.1. The number of likely N-dealkylation sites (tertiary alicyclic amines) is 1. The number of benzene rings is 1. The van der Waals surface area contributed by atoms with E-state index in [1.54, 1.807) is 0 Å². The van der Waals surface area contributed by atoms with Crippen LogP contribution in [0.15, 0.2) is 24.3 Å². The van der Waals surface area contributed by atoms with Gasteiger partial charge in [-0.05, 0) is 36.6 Å². The van der Waals surface area contributed by atoms with E-state index < -0.39 is 0 Å². The number of piperidine rings is 1. The quantitative estimate of drug-likeness (QED) is 0.816. The average molecular weight is 289 g/mol. The highest BCUT2D eigenvalue weighted by Crippen LogP contribution is 2.16. The molecule has 4 heteroatoms. The lowest BCUT2D eigenvalue weighted by molar-refractivity contribution is 0.0304. The number of aliphatic hydroxyl groups excluding tert-OH is 2. The molecule has 1 heterocycles. The Bertz CT molecular complexity index is 489. The lowest BCUT2D eigenvalue weighted by Crippen LogP contribution is -2.43. The largest absolute Gasteiger partial charge is 0.492 e. The normalized spacial score (nSPS) is 22.4. The van der Waals surface area contributed by atoms with Gasteiger partial charge in [0.05, 0.1) is 6.10 Å². The van der Waals surface area contributed by atoms with Crippen LogP contribution in [0.5, 0.6) is 5.75 Å². The second kappa shape index (κ2) is 8.04. The number of aliphatic hydroxyl groups is 2. The molecule has 0 aromatic heterocycles. The van der Waals surface area contributed by atoms with Gasteiger partial charge in [-0.15, -0.1) is 0 Å². The molecule has 0 aliphatic carbocycles. The molecule has 1 aromatic rings. The average Bonchev–Trinajstić information content (AvgIpc) is 2.50. The molecule has 2 rings (SSSR count). The van der Waals surface area contributed by atoms with Crippen molar-refractivity contribution < 1.29 is 14.9 Å². The smallest absolute Gasteiger partial charge is 0.119 e. The molecule has 4 nitrogen and oxygen atoms in total. The predicted octanol–water partition coefficient (Wildman–Crippen LogP) is 1.11. The van der Waals surface area contributed by atoms with Gasteiger partial charge in [-0.2, -0.15) is 0 Å². The Balaban J connectivity index is 1.73.